The first-order valence-electron chi connectivity index (χ1n) is 7.30. The summed E-state index contributed by atoms with van der Waals surface area (Å²) in [4.78, 5) is 14.0. The van der Waals surface area contributed by atoms with Gasteiger partial charge in [-0.25, -0.2) is 0 Å². The third-order valence-corrected chi connectivity index (χ3v) is 4.22. The summed E-state index contributed by atoms with van der Waals surface area (Å²) in [6.07, 6.45) is 6.54. The number of rotatable bonds is 5. The van der Waals surface area contributed by atoms with Crippen LogP contribution in [0.5, 0.6) is 0 Å². The highest BCUT2D eigenvalue weighted by Gasteiger charge is 2.25. The molecule has 0 bridgehead atoms. The minimum atomic E-state index is 0.253. The normalized spacial score (nSPS) is 20.7. The van der Waals surface area contributed by atoms with Crippen LogP contribution in [0, 0.1) is 5.92 Å². The van der Waals surface area contributed by atoms with Crippen LogP contribution in [0.25, 0.3) is 0 Å². The van der Waals surface area contributed by atoms with Crippen molar-refractivity contribution in [3.05, 3.63) is 18.0 Å². The lowest BCUT2D eigenvalue weighted by Crippen LogP contribution is -2.42. The van der Waals surface area contributed by atoms with E-state index in [2.05, 4.69) is 15.5 Å². The number of aromatic nitrogens is 2. The number of likely N-dealkylation sites (tertiary alicyclic amines) is 1. The molecule has 0 aromatic carbocycles. The molecule has 0 unspecified atom stereocenters. The van der Waals surface area contributed by atoms with Crippen LogP contribution < -0.4 is 5.32 Å². The van der Waals surface area contributed by atoms with Crippen LogP contribution in [0.4, 0.5) is 0 Å². The predicted molar refractivity (Wildman–Crippen MR) is 72.7 cm³/mol. The first-order chi connectivity index (χ1) is 9.33. The van der Waals surface area contributed by atoms with E-state index in [0.717, 1.165) is 38.4 Å². The Bertz CT molecular complexity index is 405. The molecule has 5 heteroatoms. The molecule has 5 nitrogen and oxygen atoms in total. The van der Waals surface area contributed by atoms with Crippen molar-refractivity contribution in [3.63, 3.8) is 0 Å². The molecule has 2 aliphatic rings. The zero-order valence-electron chi connectivity index (χ0n) is 11.3. The predicted octanol–water partition coefficient (Wildman–Crippen LogP) is 1.12. The molecule has 0 radical (unpaired) electrons. The summed E-state index contributed by atoms with van der Waals surface area (Å²) in [5.41, 5.74) is 1.21. The molecule has 3 rings (SSSR count). The van der Waals surface area contributed by atoms with E-state index >= 15 is 0 Å². The van der Waals surface area contributed by atoms with E-state index in [4.69, 9.17) is 0 Å². The Hall–Kier alpha value is -1.36. The molecule has 1 aliphatic heterocycles. The summed E-state index contributed by atoms with van der Waals surface area (Å²) >= 11 is 0. The van der Waals surface area contributed by atoms with Crippen molar-refractivity contribution in [3.8, 4) is 0 Å². The number of hydrogen-bond donors (Lipinski definition) is 2. The van der Waals surface area contributed by atoms with E-state index in [0.29, 0.717) is 12.5 Å². The monoisotopic (exact) mass is 262 g/mol. The van der Waals surface area contributed by atoms with Crippen molar-refractivity contribution in [2.45, 2.75) is 31.6 Å². The van der Waals surface area contributed by atoms with Crippen LogP contribution in [0.1, 0.15) is 37.3 Å². The Morgan fingerprint density at radius 1 is 1.37 bits per heavy atom. The zero-order valence-corrected chi connectivity index (χ0v) is 11.3. The van der Waals surface area contributed by atoms with Gasteiger partial charge in [0.2, 0.25) is 5.91 Å². The maximum atomic E-state index is 12.0. The molecular weight excluding hydrogens is 240 g/mol. The number of H-pyrrole nitrogens is 1. The van der Waals surface area contributed by atoms with Crippen molar-refractivity contribution in [1.29, 1.82) is 0 Å². The van der Waals surface area contributed by atoms with Gasteiger partial charge in [0.1, 0.15) is 0 Å². The average molecular weight is 262 g/mol. The van der Waals surface area contributed by atoms with Gasteiger partial charge in [-0.05, 0) is 44.2 Å². The molecule has 0 spiro atoms. The molecule has 1 amide bonds. The van der Waals surface area contributed by atoms with Crippen molar-refractivity contribution in [2.24, 2.45) is 5.92 Å². The van der Waals surface area contributed by atoms with E-state index in [1.807, 2.05) is 11.0 Å². The molecule has 104 valence electrons. The van der Waals surface area contributed by atoms with Gasteiger partial charge >= 0.3 is 0 Å². The van der Waals surface area contributed by atoms with Crippen LogP contribution in [-0.4, -0.2) is 47.2 Å². The van der Waals surface area contributed by atoms with Gasteiger partial charge in [0.05, 0.1) is 6.54 Å². The van der Waals surface area contributed by atoms with Gasteiger partial charge in [0.15, 0.2) is 0 Å². The number of aromatic amines is 1. The molecule has 19 heavy (non-hydrogen) atoms. The quantitative estimate of drug-likeness (QED) is 0.836. The van der Waals surface area contributed by atoms with Crippen molar-refractivity contribution in [1.82, 2.24) is 20.4 Å². The largest absolute Gasteiger partial charge is 0.342 e. The Balaban J connectivity index is 1.40. The molecule has 1 aromatic heterocycles. The minimum Gasteiger partial charge on any atom is -0.342 e. The number of piperidine rings is 1. The summed E-state index contributed by atoms with van der Waals surface area (Å²) in [5.74, 6) is 1.62. The molecule has 1 saturated heterocycles. The highest BCUT2D eigenvalue weighted by atomic mass is 16.2. The van der Waals surface area contributed by atoms with E-state index in [-0.39, 0.29) is 5.91 Å². The molecule has 2 fully saturated rings. The number of carbonyl (C=O) groups excluding carboxylic acids is 1. The lowest BCUT2D eigenvalue weighted by Gasteiger charge is -2.31. The molecule has 0 atom stereocenters. The van der Waals surface area contributed by atoms with Gasteiger partial charge in [-0.2, -0.15) is 5.10 Å². The van der Waals surface area contributed by atoms with E-state index in [9.17, 15) is 4.79 Å². The first kappa shape index (κ1) is 12.7. The molecule has 1 aliphatic carbocycles. The fourth-order valence-electron chi connectivity index (χ4n) is 2.75. The highest BCUT2D eigenvalue weighted by Crippen LogP contribution is 2.28. The Labute approximate surface area is 113 Å². The summed E-state index contributed by atoms with van der Waals surface area (Å²) < 4.78 is 0. The fraction of sp³-hybridized carbons (Fsp3) is 0.714. The second kappa shape index (κ2) is 5.74. The fourth-order valence-corrected chi connectivity index (χ4v) is 2.75. The molecule has 1 aromatic rings. The maximum absolute atomic E-state index is 12.0. The third-order valence-electron chi connectivity index (χ3n) is 4.22. The molecular formula is C14H22N4O. The zero-order chi connectivity index (χ0) is 13.1. The van der Waals surface area contributed by atoms with Crippen LogP contribution in [-0.2, 0) is 4.79 Å². The van der Waals surface area contributed by atoms with Crippen molar-refractivity contribution >= 4 is 5.91 Å². The SMILES string of the molecule is O=C(CNCC1CC1)N1CCC(c2ccn[nH]2)CC1. The van der Waals surface area contributed by atoms with Gasteiger partial charge in [0, 0.05) is 30.9 Å². The lowest BCUT2D eigenvalue weighted by molar-refractivity contribution is -0.131. The van der Waals surface area contributed by atoms with Crippen LogP contribution in [0.2, 0.25) is 0 Å². The third kappa shape index (κ3) is 3.35. The van der Waals surface area contributed by atoms with Gasteiger partial charge in [-0.1, -0.05) is 0 Å². The smallest absolute Gasteiger partial charge is 0.236 e. The van der Waals surface area contributed by atoms with E-state index < -0.39 is 0 Å². The molecule has 2 heterocycles. The summed E-state index contributed by atoms with van der Waals surface area (Å²) in [5, 5.41) is 10.3. The lowest BCUT2D eigenvalue weighted by atomic mass is 9.94. The number of amides is 1. The Morgan fingerprint density at radius 2 is 2.16 bits per heavy atom. The van der Waals surface area contributed by atoms with E-state index in [1.165, 1.54) is 18.5 Å². The van der Waals surface area contributed by atoms with Gasteiger partial charge in [0.25, 0.3) is 0 Å². The maximum Gasteiger partial charge on any atom is 0.236 e. The number of hydrogen-bond acceptors (Lipinski definition) is 3. The van der Waals surface area contributed by atoms with E-state index in [1.54, 1.807) is 6.20 Å². The van der Waals surface area contributed by atoms with Gasteiger partial charge in [-0.15, -0.1) is 0 Å². The summed E-state index contributed by atoms with van der Waals surface area (Å²) in [7, 11) is 0. The summed E-state index contributed by atoms with van der Waals surface area (Å²) in [6.45, 7) is 3.25. The Morgan fingerprint density at radius 3 is 2.79 bits per heavy atom. The van der Waals surface area contributed by atoms with Crippen LogP contribution in [0.15, 0.2) is 12.3 Å². The second-order valence-electron chi connectivity index (χ2n) is 5.74. The van der Waals surface area contributed by atoms with Crippen LogP contribution >= 0.6 is 0 Å². The molecule has 1 saturated carbocycles. The second-order valence-corrected chi connectivity index (χ2v) is 5.74. The topological polar surface area (TPSA) is 61.0 Å². The number of nitrogens with one attached hydrogen (secondary N) is 2. The van der Waals surface area contributed by atoms with Gasteiger partial charge < -0.3 is 10.2 Å². The average Bonchev–Trinajstić information content (AvgIpc) is 3.10. The van der Waals surface area contributed by atoms with Crippen molar-refractivity contribution < 1.29 is 4.79 Å². The number of carbonyl (C=O) groups is 1. The summed E-state index contributed by atoms with van der Waals surface area (Å²) in [6, 6.07) is 2.04. The van der Waals surface area contributed by atoms with Crippen molar-refractivity contribution in [2.75, 3.05) is 26.2 Å². The van der Waals surface area contributed by atoms with Gasteiger partial charge in [-0.3, -0.25) is 9.89 Å². The standard InChI is InChI=1S/C14H22N4O/c19-14(10-15-9-11-1-2-11)18-7-4-12(5-8-18)13-3-6-16-17-13/h3,6,11-12,15H,1-2,4-5,7-10H2,(H,16,17). The Kier molecular flexibility index (Phi) is 3.82. The highest BCUT2D eigenvalue weighted by molar-refractivity contribution is 5.78. The minimum absolute atomic E-state index is 0.253. The number of nitrogens with zero attached hydrogens (tertiary/aromatic N) is 2. The first-order valence-corrected chi connectivity index (χ1v) is 7.30. The van der Waals surface area contributed by atoms with Crippen LogP contribution in [0.3, 0.4) is 0 Å². The molecule has 2 N–H and O–H groups in total.